The molecular weight excluding hydrogens is 356 g/mol. The number of allylic oxidation sites excluding steroid dienone is 1. The molecule has 1 aromatic carbocycles. The third kappa shape index (κ3) is 4.39. The highest BCUT2D eigenvalue weighted by Crippen LogP contribution is 2.31. The lowest BCUT2D eigenvalue weighted by atomic mass is 9.92. The molecule has 4 nitrogen and oxygen atoms in total. The quantitative estimate of drug-likeness (QED) is 0.806. The van der Waals surface area contributed by atoms with E-state index in [0.717, 1.165) is 49.0 Å². The molecule has 1 saturated heterocycles. The Kier molecular flexibility index (Phi) is 5.97. The minimum Gasteiger partial charge on any atom is -0.353 e. The van der Waals surface area contributed by atoms with Crippen LogP contribution in [0.2, 0.25) is 5.02 Å². The van der Waals surface area contributed by atoms with E-state index in [2.05, 4.69) is 55.8 Å². The van der Waals surface area contributed by atoms with Crippen LogP contribution < -0.4 is 5.73 Å². The third-order valence-electron chi connectivity index (χ3n) is 5.34. The minimum atomic E-state index is -0.163. The normalized spacial score (nSPS) is 24.7. The largest absolute Gasteiger partial charge is 0.353 e. The van der Waals surface area contributed by atoms with Gasteiger partial charge in [0.2, 0.25) is 0 Å². The van der Waals surface area contributed by atoms with Crippen LogP contribution in [-0.2, 0) is 6.54 Å². The van der Waals surface area contributed by atoms with Gasteiger partial charge in [-0.2, -0.15) is 0 Å². The standard InChI is InChI=1S/C22H31ClN4/c1-5-19-21(27-12-7-10-22(4,24)15-27)25-11-13-26(19)14-17-8-6-9-18(23)20(17)16(2)3/h5-6,8-9,11,13,16H,7,10,12,14-15,24H2,1-4H3/b19-5-. The van der Waals surface area contributed by atoms with Crippen LogP contribution in [0, 0.1) is 0 Å². The molecule has 0 spiro atoms. The van der Waals surface area contributed by atoms with Crippen LogP contribution in [0.3, 0.4) is 0 Å². The molecule has 1 unspecified atom stereocenters. The first kappa shape index (κ1) is 20.0. The predicted molar refractivity (Wildman–Crippen MR) is 115 cm³/mol. The van der Waals surface area contributed by atoms with E-state index in [4.69, 9.17) is 22.3 Å². The summed E-state index contributed by atoms with van der Waals surface area (Å²) in [4.78, 5) is 9.30. The van der Waals surface area contributed by atoms with Crippen LogP contribution in [0.1, 0.15) is 57.6 Å². The predicted octanol–water partition coefficient (Wildman–Crippen LogP) is 4.87. The maximum Gasteiger partial charge on any atom is 0.152 e. The van der Waals surface area contributed by atoms with Crippen LogP contribution >= 0.6 is 11.6 Å². The molecule has 0 aromatic heterocycles. The number of benzene rings is 1. The first-order valence-corrected chi connectivity index (χ1v) is 10.2. The first-order chi connectivity index (χ1) is 12.8. The number of likely N-dealkylation sites (tertiary alicyclic amines) is 1. The van der Waals surface area contributed by atoms with Crippen LogP contribution in [0.4, 0.5) is 0 Å². The number of amidine groups is 1. The lowest BCUT2D eigenvalue weighted by molar-refractivity contribution is 0.232. The lowest BCUT2D eigenvalue weighted by Gasteiger charge is -2.42. The topological polar surface area (TPSA) is 44.9 Å². The van der Waals surface area contributed by atoms with E-state index in [9.17, 15) is 0 Å². The van der Waals surface area contributed by atoms with Crippen molar-refractivity contribution in [3.05, 3.63) is 58.5 Å². The molecule has 1 atom stereocenters. The number of rotatable bonds is 3. The second-order valence-electron chi connectivity index (χ2n) is 8.20. The second kappa shape index (κ2) is 8.07. The Hall–Kier alpha value is -1.78. The van der Waals surface area contributed by atoms with E-state index in [1.807, 2.05) is 18.3 Å². The summed E-state index contributed by atoms with van der Waals surface area (Å²) in [6.45, 7) is 11.2. The fourth-order valence-electron chi connectivity index (χ4n) is 4.13. The Bertz CT molecular complexity index is 777. The summed E-state index contributed by atoms with van der Waals surface area (Å²) in [5, 5.41) is 0.842. The van der Waals surface area contributed by atoms with E-state index >= 15 is 0 Å². The summed E-state index contributed by atoms with van der Waals surface area (Å²) >= 11 is 6.50. The molecule has 0 radical (unpaired) electrons. The van der Waals surface area contributed by atoms with Crippen LogP contribution in [0.5, 0.6) is 0 Å². The Morgan fingerprint density at radius 2 is 2.15 bits per heavy atom. The van der Waals surface area contributed by atoms with Gasteiger partial charge in [-0.05, 0) is 49.8 Å². The molecule has 0 bridgehead atoms. The average molecular weight is 387 g/mol. The molecule has 0 aliphatic carbocycles. The van der Waals surface area contributed by atoms with E-state index in [0.29, 0.717) is 5.92 Å². The van der Waals surface area contributed by atoms with E-state index in [1.165, 1.54) is 11.1 Å². The summed E-state index contributed by atoms with van der Waals surface area (Å²) in [6.07, 6.45) is 8.24. The molecular formula is C22H31ClN4. The maximum absolute atomic E-state index is 6.50. The number of nitrogens with zero attached hydrogens (tertiary/aromatic N) is 3. The third-order valence-corrected chi connectivity index (χ3v) is 5.67. The fraction of sp³-hybridized carbons (Fsp3) is 0.500. The van der Waals surface area contributed by atoms with Crippen LogP contribution in [-0.4, -0.2) is 34.3 Å². The molecule has 2 aliphatic rings. The van der Waals surface area contributed by atoms with E-state index in [1.54, 1.807) is 0 Å². The zero-order chi connectivity index (χ0) is 19.6. The minimum absolute atomic E-state index is 0.163. The smallest absolute Gasteiger partial charge is 0.152 e. The number of halogens is 1. The van der Waals surface area contributed by atoms with Gasteiger partial charge in [-0.1, -0.05) is 43.7 Å². The molecule has 2 N–H and O–H groups in total. The average Bonchev–Trinajstić information content (AvgIpc) is 2.60. The van der Waals surface area contributed by atoms with Gasteiger partial charge < -0.3 is 15.5 Å². The lowest BCUT2D eigenvalue weighted by Crippen LogP contribution is -2.55. The number of hydrogen-bond acceptors (Lipinski definition) is 4. The maximum atomic E-state index is 6.50. The molecule has 27 heavy (non-hydrogen) atoms. The second-order valence-corrected chi connectivity index (χ2v) is 8.61. The molecule has 0 amide bonds. The van der Waals surface area contributed by atoms with E-state index < -0.39 is 0 Å². The van der Waals surface area contributed by atoms with Gasteiger partial charge in [0.1, 0.15) is 0 Å². The molecule has 146 valence electrons. The Labute approximate surface area is 168 Å². The zero-order valence-electron chi connectivity index (χ0n) is 16.9. The highest BCUT2D eigenvalue weighted by Gasteiger charge is 2.31. The summed E-state index contributed by atoms with van der Waals surface area (Å²) in [6, 6.07) is 6.18. The van der Waals surface area contributed by atoms with Gasteiger partial charge in [0.15, 0.2) is 5.84 Å². The number of piperidine rings is 1. The molecule has 3 rings (SSSR count). The number of aliphatic imine (C=N–C) groups is 1. The Balaban J connectivity index is 1.86. The van der Waals surface area contributed by atoms with Crippen molar-refractivity contribution in [2.45, 2.75) is 58.5 Å². The van der Waals surface area contributed by atoms with Crippen molar-refractivity contribution in [2.24, 2.45) is 10.7 Å². The van der Waals surface area contributed by atoms with Gasteiger partial charge in [0, 0.05) is 42.6 Å². The zero-order valence-corrected chi connectivity index (χ0v) is 17.6. The Morgan fingerprint density at radius 1 is 1.37 bits per heavy atom. The van der Waals surface area contributed by atoms with Crippen LogP contribution in [0.25, 0.3) is 0 Å². The van der Waals surface area contributed by atoms with Crippen molar-refractivity contribution >= 4 is 17.4 Å². The summed E-state index contributed by atoms with van der Waals surface area (Å²) < 4.78 is 0. The highest BCUT2D eigenvalue weighted by atomic mass is 35.5. The number of nitrogens with two attached hydrogens (primary N) is 1. The van der Waals surface area contributed by atoms with Gasteiger partial charge in [-0.3, -0.25) is 0 Å². The molecule has 2 heterocycles. The van der Waals surface area contributed by atoms with Gasteiger partial charge >= 0.3 is 0 Å². The van der Waals surface area contributed by atoms with Gasteiger partial charge in [-0.25, -0.2) is 4.99 Å². The van der Waals surface area contributed by atoms with Crippen molar-refractivity contribution in [3.8, 4) is 0 Å². The summed E-state index contributed by atoms with van der Waals surface area (Å²) in [7, 11) is 0. The summed E-state index contributed by atoms with van der Waals surface area (Å²) in [5.41, 5.74) is 9.87. The summed E-state index contributed by atoms with van der Waals surface area (Å²) in [5.74, 6) is 1.40. The fourth-order valence-corrected chi connectivity index (χ4v) is 4.55. The molecule has 1 aromatic rings. The van der Waals surface area contributed by atoms with Crippen LogP contribution in [0.15, 0.2) is 47.4 Å². The van der Waals surface area contributed by atoms with Crippen molar-refractivity contribution in [1.29, 1.82) is 0 Å². The van der Waals surface area contributed by atoms with Gasteiger partial charge in [-0.15, -0.1) is 0 Å². The molecule has 5 heteroatoms. The monoisotopic (exact) mass is 386 g/mol. The molecule has 2 aliphatic heterocycles. The van der Waals surface area contributed by atoms with Crippen molar-refractivity contribution < 1.29 is 0 Å². The molecule has 1 fully saturated rings. The van der Waals surface area contributed by atoms with Crippen molar-refractivity contribution in [2.75, 3.05) is 13.1 Å². The number of hydrogen-bond donors (Lipinski definition) is 1. The SMILES string of the molecule is C/C=C1/C(N2CCCC(C)(N)C2)=NC=CN1Cc1cccc(Cl)c1C(C)C. The van der Waals surface area contributed by atoms with Crippen molar-refractivity contribution in [1.82, 2.24) is 9.80 Å². The van der Waals surface area contributed by atoms with Crippen molar-refractivity contribution in [3.63, 3.8) is 0 Å². The Morgan fingerprint density at radius 3 is 2.81 bits per heavy atom. The highest BCUT2D eigenvalue weighted by molar-refractivity contribution is 6.31. The van der Waals surface area contributed by atoms with Gasteiger partial charge in [0.25, 0.3) is 0 Å². The molecule has 0 saturated carbocycles. The van der Waals surface area contributed by atoms with Gasteiger partial charge in [0.05, 0.1) is 5.70 Å². The first-order valence-electron chi connectivity index (χ1n) is 9.81. The van der Waals surface area contributed by atoms with E-state index in [-0.39, 0.29) is 5.54 Å².